The Hall–Kier alpha value is -0.120. The van der Waals surface area contributed by atoms with Crippen LogP contribution in [0, 0.1) is 0 Å². The molecule has 0 amide bonds. The lowest BCUT2D eigenvalue weighted by Gasteiger charge is -2.44. The lowest BCUT2D eigenvalue weighted by Crippen LogP contribution is -2.55. The first-order valence-electron chi connectivity index (χ1n) is 7.49. The zero-order valence-electron chi connectivity index (χ0n) is 11.6. The quantitative estimate of drug-likeness (QED) is 0.785. The smallest absolute Gasteiger partial charge is 0.0223 e. The molecule has 1 N–H and O–H groups in total. The van der Waals surface area contributed by atoms with Gasteiger partial charge < -0.3 is 5.32 Å². The summed E-state index contributed by atoms with van der Waals surface area (Å²) < 4.78 is 0. The van der Waals surface area contributed by atoms with E-state index >= 15 is 0 Å². The largest absolute Gasteiger partial charge is 0.313 e. The predicted octanol–water partition coefficient (Wildman–Crippen LogP) is 1.54. The molecule has 2 atom stereocenters. The number of nitrogens with zero attached hydrogens (tertiary/aromatic N) is 2. The van der Waals surface area contributed by atoms with Gasteiger partial charge in [-0.2, -0.15) is 0 Å². The van der Waals surface area contributed by atoms with E-state index in [-0.39, 0.29) is 0 Å². The van der Waals surface area contributed by atoms with E-state index in [2.05, 4.69) is 29.0 Å². The van der Waals surface area contributed by atoms with Crippen molar-refractivity contribution in [1.82, 2.24) is 15.1 Å². The van der Waals surface area contributed by atoms with Crippen LogP contribution in [0.15, 0.2) is 0 Å². The maximum absolute atomic E-state index is 3.60. The summed E-state index contributed by atoms with van der Waals surface area (Å²) in [4.78, 5) is 5.37. The van der Waals surface area contributed by atoms with Crippen LogP contribution in [0.4, 0.5) is 0 Å². The Morgan fingerprint density at radius 1 is 1.24 bits per heavy atom. The molecule has 0 radical (unpaired) electrons. The third-order valence-electron chi connectivity index (χ3n) is 4.45. The Bertz CT molecular complexity index is 220. The third-order valence-corrected chi connectivity index (χ3v) is 4.45. The van der Waals surface area contributed by atoms with Gasteiger partial charge in [-0.1, -0.05) is 13.3 Å². The molecule has 2 unspecified atom stereocenters. The van der Waals surface area contributed by atoms with Gasteiger partial charge in [0.15, 0.2) is 0 Å². The van der Waals surface area contributed by atoms with Crippen LogP contribution in [0.1, 0.15) is 39.5 Å². The lowest BCUT2D eigenvalue weighted by atomic mass is 9.99. The molecule has 0 saturated carbocycles. The van der Waals surface area contributed by atoms with E-state index in [0.29, 0.717) is 6.04 Å². The standard InChI is InChI=1S/C14H29N3/c1-3-13(2)15-7-9-16-10-11-17-8-5-4-6-14(17)12-16/h13-15H,3-12H2,1-2H3. The highest BCUT2D eigenvalue weighted by atomic mass is 15.3. The maximum Gasteiger partial charge on any atom is 0.0223 e. The van der Waals surface area contributed by atoms with Crippen LogP contribution in [-0.2, 0) is 0 Å². The molecule has 17 heavy (non-hydrogen) atoms. The molecule has 0 aromatic heterocycles. The zero-order valence-corrected chi connectivity index (χ0v) is 11.6. The number of hydrogen-bond acceptors (Lipinski definition) is 3. The van der Waals surface area contributed by atoms with E-state index in [9.17, 15) is 0 Å². The Kier molecular flexibility index (Phi) is 5.26. The number of piperazine rings is 1. The van der Waals surface area contributed by atoms with Crippen molar-refractivity contribution >= 4 is 0 Å². The molecule has 3 heteroatoms. The molecule has 2 aliphatic rings. The van der Waals surface area contributed by atoms with E-state index < -0.39 is 0 Å². The van der Waals surface area contributed by atoms with E-state index in [4.69, 9.17) is 0 Å². The highest BCUT2D eigenvalue weighted by Crippen LogP contribution is 2.20. The van der Waals surface area contributed by atoms with Gasteiger partial charge in [-0.15, -0.1) is 0 Å². The van der Waals surface area contributed by atoms with Gasteiger partial charge in [0.05, 0.1) is 0 Å². The van der Waals surface area contributed by atoms with Crippen molar-refractivity contribution < 1.29 is 0 Å². The molecule has 2 saturated heterocycles. The maximum atomic E-state index is 3.60. The molecule has 100 valence electrons. The van der Waals surface area contributed by atoms with Crippen molar-refractivity contribution in [2.75, 3.05) is 39.3 Å². The molecular weight excluding hydrogens is 210 g/mol. The summed E-state index contributed by atoms with van der Waals surface area (Å²) in [6, 6.07) is 1.53. The van der Waals surface area contributed by atoms with Gasteiger partial charge in [0.2, 0.25) is 0 Å². The number of piperidine rings is 1. The topological polar surface area (TPSA) is 18.5 Å². The van der Waals surface area contributed by atoms with Crippen LogP contribution >= 0.6 is 0 Å². The SMILES string of the molecule is CCC(C)NCCN1CCN2CCCCC2C1. The van der Waals surface area contributed by atoms with Crippen LogP contribution in [0.25, 0.3) is 0 Å². The highest BCUT2D eigenvalue weighted by Gasteiger charge is 2.28. The molecule has 3 nitrogen and oxygen atoms in total. The third kappa shape index (κ3) is 3.94. The normalized spacial score (nSPS) is 28.9. The number of nitrogens with one attached hydrogen (secondary N) is 1. The van der Waals surface area contributed by atoms with Gasteiger partial charge in [-0.3, -0.25) is 9.80 Å². The molecule has 2 fully saturated rings. The van der Waals surface area contributed by atoms with Crippen LogP contribution < -0.4 is 5.32 Å². The fourth-order valence-electron chi connectivity index (χ4n) is 3.04. The summed E-state index contributed by atoms with van der Waals surface area (Å²) in [5, 5.41) is 3.60. The van der Waals surface area contributed by atoms with Crippen molar-refractivity contribution in [3.05, 3.63) is 0 Å². The van der Waals surface area contributed by atoms with Crippen LogP contribution in [0.3, 0.4) is 0 Å². The second-order valence-corrected chi connectivity index (χ2v) is 5.75. The molecule has 2 aliphatic heterocycles. The molecule has 2 heterocycles. The zero-order chi connectivity index (χ0) is 12.1. The number of rotatable bonds is 5. The molecule has 0 aromatic rings. The first kappa shape index (κ1) is 13.3. The Morgan fingerprint density at radius 2 is 2.12 bits per heavy atom. The van der Waals surface area contributed by atoms with Crippen molar-refractivity contribution in [3.8, 4) is 0 Å². The highest BCUT2D eigenvalue weighted by molar-refractivity contribution is 4.85. The van der Waals surface area contributed by atoms with Crippen LogP contribution in [0.2, 0.25) is 0 Å². The van der Waals surface area contributed by atoms with E-state index in [1.807, 2.05) is 0 Å². The van der Waals surface area contributed by atoms with Crippen molar-refractivity contribution in [2.45, 2.75) is 51.6 Å². The van der Waals surface area contributed by atoms with Gasteiger partial charge in [-0.25, -0.2) is 0 Å². The molecule has 0 bridgehead atoms. The first-order valence-corrected chi connectivity index (χ1v) is 7.49. The van der Waals surface area contributed by atoms with Crippen molar-refractivity contribution in [3.63, 3.8) is 0 Å². The Labute approximate surface area is 107 Å². The summed E-state index contributed by atoms with van der Waals surface area (Å²) in [7, 11) is 0. The number of fused-ring (bicyclic) bond motifs is 1. The van der Waals surface area contributed by atoms with Gasteiger partial charge in [0, 0.05) is 44.8 Å². The Morgan fingerprint density at radius 3 is 2.94 bits per heavy atom. The average Bonchev–Trinajstić information content (AvgIpc) is 2.38. The summed E-state index contributed by atoms with van der Waals surface area (Å²) in [6.07, 6.45) is 5.53. The summed E-state index contributed by atoms with van der Waals surface area (Å²) >= 11 is 0. The Balaban J connectivity index is 1.65. The molecule has 0 aromatic carbocycles. The van der Waals surface area contributed by atoms with Crippen molar-refractivity contribution in [2.24, 2.45) is 0 Å². The minimum absolute atomic E-state index is 0.672. The summed E-state index contributed by atoms with van der Waals surface area (Å²) in [5.41, 5.74) is 0. The van der Waals surface area contributed by atoms with E-state index in [0.717, 1.165) is 12.6 Å². The fraction of sp³-hybridized carbons (Fsp3) is 1.00. The molecule has 0 spiro atoms. The lowest BCUT2D eigenvalue weighted by molar-refractivity contribution is 0.0497. The van der Waals surface area contributed by atoms with Gasteiger partial charge >= 0.3 is 0 Å². The second kappa shape index (κ2) is 6.72. The van der Waals surface area contributed by atoms with Crippen molar-refractivity contribution in [1.29, 1.82) is 0 Å². The average molecular weight is 239 g/mol. The monoisotopic (exact) mass is 239 g/mol. The van der Waals surface area contributed by atoms with Gasteiger partial charge in [0.1, 0.15) is 0 Å². The minimum atomic E-state index is 0.672. The predicted molar refractivity (Wildman–Crippen MR) is 73.4 cm³/mol. The van der Waals surface area contributed by atoms with Gasteiger partial charge in [0.25, 0.3) is 0 Å². The van der Waals surface area contributed by atoms with E-state index in [1.165, 1.54) is 58.4 Å². The molecular formula is C14H29N3. The summed E-state index contributed by atoms with van der Waals surface area (Å²) in [5.74, 6) is 0. The number of hydrogen-bond donors (Lipinski definition) is 1. The van der Waals surface area contributed by atoms with Crippen LogP contribution in [0.5, 0.6) is 0 Å². The molecule has 2 rings (SSSR count). The van der Waals surface area contributed by atoms with Crippen LogP contribution in [-0.4, -0.2) is 61.2 Å². The van der Waals surface area contributed by atoms with E-state index in [1.54, 1.807) is 0 Å². The summed E-state index contributed by atoms with van der Waals surface area (Å²) in [6.45, 7) is 12.1. The van der Waals surface area contributed by atoms with Gasteiger partial charge in [-0.05, 0) is 32.7 Å². The first-order chi connectivity index (χ1) is 8.29. The fourth-order valence-corrected chi connectivity index (χ4v) is 3.04. The molecule has 0 aliphatic carbocycles. The minimum Gasteiger partial charge on any atom is -0.313 e. The second-order valence-electron chi connectivity index (χ2n) is 5.75.